The molecule has 0 fully saturated rings. The summed E-state index contributed by atoms with van der Waals surface area (Å²) >= 11 is 1.51. The lowest BCUT2D eigenvalue weighted by molar-refractivity contribution is -0.125. The molecule has 0 aromatic carbocycles. The molecule has 0 amide bonds. The first-order chi connectivity index (χ1) is 5.59. The average molecular weight is 185 g/mol. The van der Waals surface area contributed by atoms with E-state index in [9.17, 15) is 4.79 Å². The molecule has 1 N–H and O–H groups in total. The molecule has 0 saturated carbocycles. The van der Waals surface area contributed by atoms with E-state index >= 15 is 0 Å². The first-order valence-electron chi connectivity index (χ1n) is 3.71. The average Bonchev–Trinajstić information content (AvgIpc) is 2.35. The summed E-state index contributed by atoms with van der Waals surface area (Å²) in [5.74, 6) is -0.180. The quantitative estimate of drug-likeness (QED) is 0.762. The molecule has 0 aliphatic rings. The fourth-order valence-electron chi connectivity index (χ4n) is 0.816. The van der Waals surface area contributed by atoms with Crippen LogP contribution in [0.25, 0.3) is 0 Å². The van der Waals surface area contributed by atoms with Gasteiger partial charge in [0, 0.05) is 5.38 Å². The van der Waals surface area contributed by atoms with Gasteiger partial charge in [0.25, 0.3) is 0 Å². The van der Waals surface area contributed by atoms with Gasteiger partial charge in [0.2, 0.25) is 0 Å². The van der Waals surface area contributed by atoms with Gasteiger partial charge in [-0.3, -0.25) is 4.79 Å². The maximum atomic E-state index is 11.0. The van der Waals surface area contributed by atoms with Crippen LogP contribution in [0, 0.1) is 6.92 Å². The highest BCUT2D eigenvalue weighted by Crippen LogP contribution is 2.09. The summed E-state index contributed by atoms with van der Waals surface area (Å²) in [6.45, 7) is 3.36. The van der Waals surface area contributed by atoms with Crippen molar-refractivity contribution in [1.29, 1.82) is 0 Å². The third kappa shape index (κ3) is 2.39. The number of Topliss-reactive ketones (excluding diaryl/α,β-unsaturated/α-hetero) is 1. The molecular weight excluding hydrogens is 174 g/mol. The van der Waals surface area contributed by atoms with E-state index < -0.39 is 6.10 Å². The molecule has 0 saturated heterocycles. The molecule has 1 aromatic rings. The number of rotatable bonds is 3. The van der Waals surface area contributed by atoms with Gasteiger partial charge in [0.15, 0.2) is 5.78 Å². The Morgan fingerprint density at radius 2 is 2.50 bits per heavy atom. The number of aliphatic hydroxyl groups excluding tert-OH is 1. The van der Waals surface area contributed by atoms with Crippen molar-refractivity contribution in [3.05, 3.63) is 16.1 Å². The molecule has 12 heavy (non-hydrogen) atoms. The van der Waals surface area contributed by atoms with Crippen LogP contribution >= 0.6 is 11.3 Å². The van der Waals surface area contributed by atoms with Crippen LogP contribution in [0.4, 0.5) is 0 Å². The highest BCUT2D eigenvalue weighted by atomic mass is 32.1. The van der Waals surface area contributed by atoms with Crippen LogP contribution in [-0.4, -0.2) is 22.0 Å². The third-order valence-electron chi connectivity index (χ3n) is 1.49. The van der Waals surface area contributed by atoms with Crippen molar-refractivity contribution in [1.82, 2.24) is 4.98 Å². The summed E-state index contributed by atoms with van der Waals surface area (Å²) in [7, 11) is 0. The molecule has 0 spiro atoms. The fraction of sp³-hybridized carbons (Fsp3) is 0.500. The van der Waals surface area contributed by atoms with Crippen molar-refractivity contribution < 1.29 is 9.90 Å². The zero-order valence-electron chi connectivity index (χ0n) is 7.07. The topological polar surface area (TPSA) is 50.2 Å². The molecule has 0 aliphatic carbocycles. The number of thiazole rings is 1. The van der Waals surface area contributed by atoms with Gasteiger partial charge in [-0.1, -0.05) is 0 Å². The molecule has 4 heteroatoms. The molecule has 3 nitrogen and oxygen atoms in total. The lowest BCUT2D eigenvalue weighted by Gasteiger charge is -1.99. The molecule has 1 heterocycles. The maximum Gasteiger partial charge on any atom is 0.166 e. The minimum atomic E-state index is -0.882. The number of carbonyl (C=O) groups excluding carboxylic acids is 1. The number of hydrogen-bond acceptors (Lipinski definition) is 4. The van der Waals surface area contributed by atoms with Crippen LogP contribution in [0.5, 0.6) is 0 Å². The van der Waals surface area contributed by atoms with E-state index in [4.69, 9.17) is 5.11 Å². The van der Waals surface area contributed by atoms with Crippen LogP contribution in [0.1, 0.15) is 17.6 Å². The van der Waals surface area contributed by atoms with E-state index in [1.807, 2.05) is 12.3 Å². The van der Waals surface area contributed by atoms with E-state index in [1.54, 1.807) is 0 Å². The molecule has 1 aromatic heterocycles. The number of hydrogen-bond donors (Lipinski definition) is 1. The SMILES string of the molecule is Cc1nc(CC(=O)C(C)O)cs1. The Morgan fingerprint density at radius 1 is 1.83 bits per heavy atom. The van der Waals surface area contributed by atoms with Crippen molar-refractivity contribution in [2.24, 2.45) is 0 Å². The van der Waals surface area contributed by atoms with Crippen molar-refractivity contribution in [3.63, 3.8) is 0 Å². The normalized spacial score (nSPS) is 12.9. The van der Waals surface area contributed by atoms with E-state index in [2.05, 4.69) is 4.98 Å². The van der Waals surface area contributed by atoms with E-state index in [0.29, 0.717) is 0 Å². The largest absolute Gasteiger partial charge is 0.386 e. The Balaban J connectivity index is 2.58. The Morgan fingerprint density at radius 3 is 2.92 bits per heavy atom. The van der Waals surface area contributed by atoms with Crippen molar-refractivity contribution in [3.8, 4) is 0 Å². The summed E-state index contributed by atoms with van der Waals surface area (Å²) in [4.78, 5) is 15.2. The number of aryl methyl sites for hydroxylation is 1. The van der Waals surface area contributed by atoms with Crippen LogP contribution in [0.3, 0.4) is 0 Å². The first-order valence-corrected chi connectivity index (χ1v) is 4.59. The molecule has 1 rings (SSSR count). The van der Waals surface area contributed by atoms with Gasteiger partial charge in [-0.05, 0) is 13.8 Å². The van der Waals surface area contributed by atoms with Gasteiger partial charge in [0.05, 0.1) is 17.1 Å². The molecule has 1 unspecified atom stereocenters. The third-order valence-corrected chi connectivity index (χ3v) is 2.31. The highest BCUT2D eigenvalue weighted by molar-refractivity contribution is 7.09. The second-order valence-corrected chi connectivity index (χ2v) is 3.74. The summed E-state index contributed by atoms with van der Waals surface area (Å²) in [6.07, 6.45) is -0.644. The zero-order valence-corrected chi connectivity index (χ0v) is 7.89. The fourth-order valence-corrected chi connectivity index (χ4v) is 1.43. The molecular formula is C8H11NO2S. The minimum Gasteiger partial charge on any atom is -0.386 e. The number of ketones is 1. The molecule has 0 aliphatic heterocycles. The Kier molecular flexibility index (Phi) is 2.94. The lowest BCUT2D eigenvalue weighted by Crippen LogP contribution is -2.18. The van der Waals surface area contributed by atoms with Gasteiger partial charge in [-0.25, -0.2) is 4.98 Å². The van der Waals surface area contributed by atoms with Gasteiger partial charge in [-0.15, -0.1) is 11.3 Å². The van der Waals surface area contributed by atoms with Crippen molar-refractivity contribution in [2.75, 3.05) is 0 Å². The van der Waals surface area contributed by atoms with Crippen LogP contribution < -0.4 is 0 Å². The number of aliphatic hydroxyl groups is 1. The van der Waals surface area contributed by atoms with E-state index in [0.717, 1.165) is 10.7 Å². The van der Waals surface area contributed by atoms with E-state index in [1.165, 1.54) is 18.3 Å². The Labute approximate surface area is 75.1 Å². The summed E-state index contributed by atoms with van der Waals surface area (Å²) < 4.78 is 0. The molecule has 1 atom stereocenters. The smallest absolute Gasteiger partial charge is 0.166 e. The first kappa shape index (κ1) is 9.35. The van der Waals surface area contributed by atoms with Gasteiger partial charge < -0.3 is 5.11 Å². The Bertz CT molecular complexity index is 280. The predicted molar refractivity (Wildman–Crippen MR) is 47.2 cm³/mol. The zero-order chi connectivity index (χ0) is 9.14. The standard InChI is InChI=1S/C8H11NO2S/c1-5(10)8(11)3-7-4-12-6(2)9-7/h4-5,10H,3H2,1-2H3. The number of carbonyl (C=O) groups is 1. The summed E-state index contributed by atoms with van der Waals surface area (Å²) in [6, 6.07) is 0. The second kappa shape index (κ2) is 3.78. The molecule has 0 bridgehead atoms. The van der Waals surface area contributed by atoms with Crippen molar-refractivity contribution in [2.45, 2.75) is 26.4 Å². The minimum absolute atomic E-state index is 0.180. The van der Waals surface area contributed by atoms with Crippen LogP contribution in [0.15, 0.2) is 5.38 Å². The van der Waals surface area contributed by atoms with Crippen LogP contribution in [0.2, 0.25) is 0 Å². The highest BCUT2D eigenvalue weighted by Gasteiger charge is 2.11. The van der Waals surface area contributed by atoms with E-state index in [-0.39, 0.29) is 12.2 Å². The van der Waals surface area contributed by atoms with Crippen LogP contribution in [-0.2, 0) is 11.2 Å². The molecule has 66 valence electrons. The Hall–Kier alpha value is -0.740. The summed E-state index contributed by atoms with van der Waals surface area (Å²) in [5, 5.41) is 11.7. The number of aromatic nitrogens is 1. The van der Waals surface area contributed by atoms with Crippen molar-refractivity contribution >= 4 is 17.1 Å². The van der Waals surface area contributed by atoms with Gasteiger partial charge >= 0.3 is 0 Å². The predicted octanol–water partition coefficient (Wildman–Crippen LogP) is 0.944. The molecule has 0 radical (unpaired) electrons. The van der Waals surface area contributed by atoms with Gasteiger partial charge in [-0.2, -0.15) is 0 Å². The lowest BCUT2D eigenvalue weighted by atomic mass is 10.1. The van der Waals surface area contributed by atoms with Gasteiger partial charge in [0.1, 0.15) is 6.10 Å². The second-order valence-electron chi connectivity index (χ2n) is 2.68. The monoisotopic (exact) mass is 185 g/mol. The summed E-state index contributed by atoms with van der Waals surface area (Å²) in [5.41, 5.74) is 0.753. The maximum absolute atomic E-state index is 11.0. The number of nitrogens with zero attached hydrogens (tertiary/aromatic N) is 1.